The molecule has 0 aliphatic carbocycles. The molecule has 27 heteroatoms. The van der Waals surface area contributed by atoms with Gasteiger partial charge in [-0.25, -0.2) is 16.8 Å². The van der Waals surface area contributed by atoms with Crippen molar-refractivity contribution in [3.05, 3.63) is 246 Å². The van der Waals surface area contributed by atoms with Crippen LogP contribution in [-0.2, 0) is 83.1 Å². The van der Waals surface area contributed by atoms with Crippen LogP contribution >= 0.6 is 0 Å². The maximum Gasteiger partial charge on any atom is 0.363 e. The quantitative estimate of drug-likeness (QED) is 0.0201. The topological polar surface area (TPSA) is 247 Å². The molecule has 109 heavy (non-hydrogen) atoms. The van der Waals surface area contributed by atoms with E-state index in [0.717, 1.165) is 85.9 Å². The number of methoxy groups -OCH3 is 2. The highest BCUT2D eigenvalue weighted by Gasteiger charge is 2.48. The summed E-state index contributed by atoms with van der Waals surface area (Å²) in [7, 11) is -11.3. The number of benzene rings is 8. The number of carbonyl (C=O) groups excluding carboxylic acids is 2. The van der Waals surface area contributed by atoms with Crippen molar-refractivity contribution >= 4 is 91.1 Å². The van der Waals surface area contributed by atoms with Gasteiger partial charge in [-0.2, -0.15) is 35.6 Å². The van der Waals surface area contributed by atoms with Gasteiger partial charge >= 0.3 is 20.5 Å². The molecule has 8 aromatic carbocycles. The van der Waals surface area contributed by atoms with Crippen LogP contribution in [0.1, 0.15) is 103 Å². The number of alkyl halides is 4. The summed E-state index contributed by atoms with van der Waals surface area (Å²) >= 11 is 0. The minimum atomic E-state index is -5.27. The molecule has 2 heterocycles. The SMILES string of the molecule is CC(C)(C#N)C([O-])=NS(=O)(=O)C(C)(F)F.CCCS(=O)(=O)[N-]S(=O)(=O)C(C)(F)F.COc1ccc(C(=O)C([S+]2CCOCC2)C(C)(C)C)cc1.COc1ccc(C(=O)C([S+]2CCOCC2)C(C)(C)C)cc1.c1ccc([S+](c2ccccc2)c2ccccc2)cc1.c1ccc([S+](c2ccccc2)c2ccccc2)cc1. The van der Waals surface area contributed by atoms with Crippen molar-refractivity contribution < 1.29 is 76.5 Å². The Labute approximate surface area is 654 Å². The summed E-state index contributed by atoms with van der Waals surface area (Å²) in [4.78, 5) is 34.2. The lowest BCUT2D eigenvalue weighted by Crippen LogP contribution is -2.47. The Hall–Kier alpha value is -7.49. The Bertz CT molecular complexity index is 4090. The first kappa shape index (κ1) is 92.1. The fraction of sp³-hybridized carbons (Fsp3) is 0.366. The van der Waals surface area contributed by atoms with Crippen molar-refractivity contribution in [1.29, 1.82) is 5.26 Å². The number of rotatable bonds is 22. The molecule has 0 N–H and O–H groups in total. The van der Waals surface area contributed by atoms with Gasteiger partial charge in [0.15, 0.2) is 39.9 Å². The van der Waals surface area contributed by atoms with E-state index >= 15 is 0 Å². The molecule has 2 atom stereocenters. The standard InChI is InChI=1S/2C18H15S.2C17H25O3S.C7H10F2N2O3S.C5H10F2NO4S2/c2*1-4-10-16(11-5-1)19(17-12-6-2-7-13-17)18-14-8-3-9-15-18;2*1-17(2,3)16(21-11-9-20-10-12-21)15(18)13-5-7-14(19-4)8-6-13;1-6(2,4-10)5(12)11-15(13,14)7(3,8)9;1-3-4-13(9,10)8-14(11,12)5(2,6)7/h2*1-15H;2*5-8,16H,9-12H2,1-4H3;1-3H3,(H,11,12);3-4H2,1-2H3/q4*+1;;-1/p-1. The van der Waals surface area contributed by atoms with Gasteiger partial charge in [-0.15, -0.1) is 0 Å². The van der Waals surface area contributed by atoms with Gasteiger partial charge in [0.25, 0.3) is 0 Å². The van der Waals surface area contributed by atoms with Gasteiger partial charge in [0, 0.05) is 63.3 Å². The smallest absolute Gasteiger partial charge is 0.363 e. The summed E-state index contributed by atoms with van der Waals surface area (Å²) in [5, 5.41) is 11.3. The highest BCUT2D eigenvalue weighted by atomic mass is 32.3. The third kappa shape index (κ3) is 29.3. The molecule has 2 fully saturated rings. The number of nitrogens with zero attached hydrogens (tertiary/aromatic N) is 3. The van der Waals surface area contributed by atoms with Crippen LogP contribution in [0.15, 0.2) is 264 Å². The van der Waals surface area contributed by atoms with E-state index in [1.807, 2.05) is 48.5 Å². The van der Waals surface area contributed by atoms with Gasteiger partial charge in [-0.1, -0.05) is 158 Å². The number of Topliss-reactive ketones (excluding diaryl/α,β-unsaturated/α-hetero) is 2. The van der Waals surface area contributed by atoms with E-state index in [-0.39, 0.29) is 96.7 Å². The van der Waals surface area contributed by atoms with Crippen LogP contribution < -0.4 is 14.6 Å². The molecule has 10 rings (SSSR count). The minimum absolute atomic E-state index is 0.0146. The van der Waals surface area contributed by atoms with Crippen LogP contribution in [0.4, 0.5) is 17.6 Å². The van der Waals surface area contributed by atoms with Crippen LogP contribution in [0, 0.1) is 27.6 Å². The van der Waals surface area contributed by atoms with E-state index < -0.39 is 57.6 Å². The first-order chi connectivity index (χ1) is 51.2. The van der Waals surface area contributed by atoms with Crippen molar-refractivity contribution in [3.8, 4) is 17.6 Å². The van der Waals surface area contributed by atoms with Crippen LogP contribution in [0.25, 0.3) is 4.13 Å². The lowest BCUT2D eigenvalue weighted by atomic mass is 9.87. The second-order valence-corrected chi connectivity index (χ2v) is 41.8. The molecule has 8 aromatic rings. The van der Waals surface area contributed by atoms with E-state index in [1.165, 1.54) is 42.4 Å². The second kappa shape index (κ2) is 42.8. The van der Waals surface area contributed by atoms with E-state index in [0.29, 0.717) is 0 Å². The summed E-state index contributed by atoms with van der Waals surface area (Å²) < 4.78 is 140. The molecular weight excluding hydrogens is 1540 g/mol. The van der Waals surface area contributed by atoms with Crippen molar-refractivity contribution in [1.82, 2.24) is 0 Å². The molecule has 2 aliphatic heterocycles. The van der Waals surface area contributed by atoms with Crippen molar-refractivity contribution in [2.24, 2.45) is 20.6 Å². The zero-order chi connectivity index (χ0) is 80.9. The number of hydrogen-bond donors (Lipinski definition) is 0. The first-order valence-electron chi connectivity index (χ1n) is 34.8. The number of ether oxygens (including phenoxy) is 4. The summed E-state index contributed by atoms with van der Waals surface area (Å²) in [5.74, 6) is 4.13. The molecule has 588 valence electrons. The predicted octanol–water partition coefficient (Wildman–Crippen LogP) is 16.7. The molecule has 2 aliphatic rings. The Balaban J connectivity index is 0.000000236. The molecule has 2 saturated heterocycles. The molecule has 0 spiro atoms. The summed E-state index contributed by atoms with van der Waals surface area (Å²) in [5.41, 5.74) is -0.225. The van der Waals surface area contributed by atoms with Gasteiger partial charge in [-0.05, 0) is 147 Å². The Kier molecular flexibility index (Phi) is 36.2. The minimum Gasteiger partial charge on any atom is -0.860 e. The van der Waals surface area contributed by atoms with Crippen LogP contribution in [0.5, 0.6) is 11.5 Å². The molecule has 16 nitrogen and oxygen atoms in total. The van der Waals surface area contributed by atoms with Crippen molar-refractivity contribution in [2.45, 2.75) is 133 Å². The predicted molar refractivity (Wildman–Crippen MR) is 433 cm³/mol. The number of hydrogen-bond acceptors (Lipinski definition) is 14. The largest absolute Gasteiger partial charge is 0.860 e. The normalized spacial score (nSPS) is 14.6. The monoisotopic (exact) mass is 1630 g/mol. The van der Waals surface area contributed by atoms with E-state index in [1.54, 1.807) is 14.2 Å². The molecule has 2 unspecified atom stereocenters. The van der Waals surface area contributed by atoms with E-state index in [2.05, 4.69) is 232 Å². The Morgan fingerprint density at radius 1 is 0.486 bits per heavy atom. The zero-order valence-corrected chi connectivity index (χ0v) is 69.4. The van der Waals surface area contributed by atoms with E-state index in [9.17, 15) is 57.5 Å². The van der Waals surface area contributed by atoms with Crippen molar-refractivity contribution in [2.75, 3.05) is 69.4 Å². The summed E-state index contributed by atoms with van der Waals surface area (Å²) in [6, 6.07) is 80.7. The fourth-order valence-electron chi connectivity index (χ4n) is 10.5. The van der Waals surface area contributed by atoms with Crippen LogP contribution in [0.2, 0.25) is 0 Å². The van der Waals surface area contributed by atoms with Crippen LogP contribution in [0.3, 0.4) is 0 Å². The van der Waals surface area contributed by atoms with Gasteiger partial charge in [0.1, 0.15) is 44.5 Å². The maximum absolute atomic E-state index is 13.0. The maximum atomic E-state index is 13.0. The Morgan fingerprint density at radius 3 is 0.963 bits per heavy atom. The van der Waals surface area contributed by atoms with Crippen LogP contribution in [-0.4, -0.2) is 133 Å². The highest BCUT2D eigenvalue weighted by molar-refractivity contribution is 8.12. The summed E-state index contributed by atoms with van der Waals surface area (Å²) in [6.45, 7) is 20.0. The number of halogens is 4. The average Bonchev–Trinajstić information content (AvgIpc) is 0.824. The Morgan fingerprint density at radius 2 is 0.752 bits per heavy atom. The van der Waals surface area contributed by atoms with Gasteiger partial charge in [-0.3, -0.25) is 9.59 Å². The molecule has 0 aromatic heterocycles. The molecular formula is C82H99F4N3O13S7+2. The van der Waals surface area contributed by atoms with Gasteiger partial charge in [0.05, 0.1) is 83.9 Å². The zero-order valence-electron chi connectivity index (χ0n) is 63.7. The number of sulfonamides is 3. The first-order valence-corrected chi connectivity index (χ1v) is 45.0. The van der Waals surface area contributed by atoms with E-state index in [4.69, 9.17) is 24.2 Å². The third-order valence-electron chi connectivity index (χ3n) is 15.9. The van der Waals surface area contributed by atoms with Crippen molar-refractivity contribution in [3.63, 3.8) is 0 Å². The third-order valence-corrected chi connectivity index (χ3v) is 31.1. The fourth-order valence-corrected chi connectivity index (χ4v) is 23.4. The summed E-state index contributed by atoms with van der Waals surface area (Å²) in [6.07, 6.45) is 0.108. The molecule has 0 amide bonds. The average molecular weight is 1640 g/mol. The second-order valence-electron chi connectivity index (χ2n) is 27.3. The van der Waals surface area contributed by atoms with Gasteiger partial charge in [0.2, 0.25) is 11.6 Å². The molecule has 0 radical (unpaired) electrons. The number of ketones is 2. The molecule has 0 saturated carbocycles. The lowest BCUT2D eigenvalue weighted by molar-refractivity contribution is -0.225. The molecule has 0 bridgehead atoms. The lowest BCUT2D eigenvalue weighted by Gasteiger charge is -2.31. The van der Waals surface area contributed by atoms with Gasteiger partial charge < -0.3 is 28.2 Å². The highest BCUT2D eigenvalue weighted by Crippen LogP contribution is 2.37. The number of nitriles is 1. The number of carbonyl (C=O) groups is 2.